The molecule has 6 nitrogen and oxygen atoms in total. The Hall–Kier alpha value is -3.22. The molecule has 0 saturated heterocycles. The van der Waals surface area contributed by atoms with E-state index < -0.39 is 0 Å². The molecule has 0 fully saturated rings. The number of anilines is 1. The van der Waals surface area contributed by atoms with Crippen molar-refractivity contribution in [1.82, 2.24) is 14.8 Å². The number of halogens is 1. The van der Waals surface area contributed by atoms with Gasteiger partial charge in [-0.3, -0.25) is 9.78 Å². The van der Waals surface area contributed by atoms with Crippen LogP contribution in [0.4, 0.5) is 10.1 Å². The first-order chi connectivity index (χ1) is 12.0. The maximum absolute atomic E-state index is 13.2. The number of benzene rings is 1. The van der Waals surface area contributed by atoms with E-state index in [1.165, 1.54) is 12.1 Å². The number of hydrogen-bond acceptors (Lipinski definition) is 4. The van der Waals surface area contributed by atoms with Crippen LogP contribution < -0.4 is 10.1 Å². The van der Waals surface area contributed by atoms with Gasteiger partial charge in [0.05, 0.1) is 17.1 Å². The molecule has 2 aromatic heterocycles. The minimum atomic E-state index is -0.366. The van der Waals surface area contributed by atoms with Gasteiger partial charge in [-0.2, -0.15) is 5.10 Å². The zero-order valence-corrected chi connectivity index (χ0v) is 13.9. The van der Waals surface area contributed by atoms with Crippen molar-refractivity contribution < 1.29 is 13.9 Å². The Morgan fingerprint density at radius 3 is 2.80 bits per heavy atom. The molecule has 2 heterocycles. The number of nitrogens with zero attached hydrogens (tertiary/aromatic N) is 3. The van der Waals surface area contributed by atoms with E-state index in [9.17, 15) is 9.18 Å². The number of nitrogens with one attached hydrogen (secondary N) is 1. The van der Waals surface area contributed by atoms with Gasteiger partial charge in [-0.15, -0.1) is 0 Å². The number of amides is 1. The first-order valence-electron chi connectivity index (χ1n) is 7.69. The molecule has 0 unspecified atom stereocenters. The fourth-order valence-corrected chi connectivity index (χ4v) is 2.37. The first-order valence-corrected chi connectivity index (χ1v) is 7.69. The normalized spacial score (nSPS) is 10.5. The molecular weight excluding hydrogens is 323 g/mol. The lowest BCUT2D eigenvalue weighted by Gasteiger charge is -2.09. The van der Waals surface area contributed by atoms with E-state index >= 15 is 0 Å². The Balaban J connectivity index is 1.73. The molecule has 3 aromatic rings. The summed E-state index contributed by atoms with van der Waals surface area (Å²) in [6.07, 6.45) is 1.56. The minimum Gasteiger partial charge on any atom is -0.471 e. The number of rotatable bonds is 5. The van der Waals surface area contributed by atoms with Crippen LogP contribution in [-0.4, -0.2) is 20.7 Å². The van der Waals surface area contributed by atoms with Gasteiger partial charge in [0.15, 0.2) is 6.73 Å². The van der Waals surface area contributed by atoms with Crippen LogP contribution in [0.2, 0.25) is 0 Å². The third-order valence-electron chi connectivity index (χ3n) is 3.67. The second-order valence-electron chi connectivity index (χ2n) is 5.45. The molecule has 0 aliphatic rings. The van der Waals surface area contributed by atoms with E-state index in [2.05, 4.69) is 15.4 Å². The Morgan fingerprint density at radius 2 is 2.08 bits per heavy atom. The molecule has 0 spiro atoms. The molecule has 1 aromatic carbocycles. The Morgan fingerprint density at radius 1 is 1.24 bits per heavy atom. The van der Waals surface area contributed by atoms with Gasteiger partial charge in [-0.05, 0) is 38.1 Å². The summed E-state index contributed by atoms with van der Waals surface area (Å²) in [6.45, 7) is 3.72. The third-order valence-corrected chi connectivity index (χ3v) is 3.67. The zero-order valence-electron chi connectivity index (χ0n) is 13.9. The van der Waals surface area contributed by atoms with E-state index in [4.69, 9.17) is 4.74 Å². The van der Waals surface area contributed by atoms with Crippen LogP contribution in [0.1, 0.15) is 21.9 Å². The minimum absolute atomic E-state index is 0.107. The highest BCUT2D eigenvalue weighted by molar-refractivity contribution is 6.03. The Kier molecular flexibility index (Phi) is 4.74. The summed E-state index contributed by atoms with van der Waals surface area (Å²) in [5, 5.41) is 7.18. The van der Waals surface area contributed by atoms with Crippen molar-refractivity contribution in [1.29, 1.82) is 0 Å². The van der Waals surface area contributed by atoms with E-state index in [0.717, 1.165) is 5.69 Å². The molecule has 1 amide bonds. The lowest BCUT2D eigenvalue weighted by molar-refractivity contribution is 0.102. The number of ether oxygens (including phenoxy) is 1. The van der Waals surface area contributed by atoms with Crippen LogP contribution in [-0.2, 0) is 6.73 Å². The molecule has 0 atom stereocenters. The van der Waals surface area contributed by atoms with Crippen molar-refractivity contribution in [2.45, 2.75) is 20.6 Å². The van der Waals surface area contributed by atoms with Crippen molar-refractivity contribution in [3.63, 3.8) is 0 Å². The maximum Gasteiger partial charge on any atom is 0.274 e. The topological polar surface area (TPSA) is 69.0 Å². The SMILES string of the molecule is Cc1nn(COc2cccc(F)c2)c(C)c1NC(=O)c1ccccn1. The number of carbonyl (C=O) groups is 1. The van der Waals surface area contributed by atoms with E-state index in [-0.39, 0.29) is 18.5 Å². The second kappa shape index (κ2) is 7.12. The van der Waals surface area contributed by atoms with Crippen LogP contribution in [0, 0.1) is 19.7 Å². The summed E-state index contributed by atoms with van der Waals surface area (Å²) >= 11 is 0. The largest absolute Gasteiger partial charge is 0.471 e. The molecule has 0 saturated carbocycles. The molecule has 1 N–H and O–H groups in total. The molecule has 128 valence electrons. The zero-order chi connectivity index (χ0) is 17.8. The molecule has 25 heavy (non-hydrogen) atoms. The van der Waals surface area contributed by atoms with Gasteiger partial charge in [-0.25, -0.2) is 9.07 Å². The molecule has 0 aliphatic carbocycles. The van der Waals surface area contributed by atoms with Crippen LogP contribution in [0.3, 0.4) is 0 Å². The van der Waals surface area contributed by atoms with Gasteiger partial charge in [0.25, 0.3) is 5.91 Å². The number of aryl methyl sites for hydroxylation is 1. The van der Waals surface area contributed by atoms with E-state index in [0.29, 0.717) is 22.8 Å². The summed E-state index contributed by atoms with van der Waals surface area (Å²) in [5.41, 5.74) is 2.33. The van der Waals surface area contributed by atoms with Crippen molar-refractivity contribution in [2.75, 3.05) is 5.32 Å². The fraction of sp³-hybridized carbons (Fsp3) is 0.167. The number of hydrogen-bond donors (Lipinski definition) is 1. The van der Waals surface area contributed by atoms with Crippen LogP contribution in [0.15, 0.2) is 48.7 Å². The van der Waals surface area contributed by atoms with Crippen LogP contribution in [0.25, 0.3) is 0 Å². The molecule has 0 radical (unpaired) electrons. The van der Waals surface area contributed by atoms with Crippen molar-refractivity contribution in [3.05, 3.63) is 71.6 Å². The predicted octanol–water partition coefficient (Wildman–Crippen LogP) is 3.32. The van der Waals surface area contributed by atoms with E-state index in [1.807, 2.05) is 6.92 Å². The maximum atomic E-state index is 13.2. The van der Waals surface area contributed by atoms with Crippen molar-refractivity contribution in [2.24, 2.45) is 0 Å². The van der Waals surface area contributed by atoms with Crippen LogP contribution in [0.5, 0.6) is 5.75 Å². The third kappa shape index (κ3) is 3.82. The van der Waals surface area contributed by atoms with Gasteiger partial charge in [-0.1, -0.05) is 12.1 Å². The second-order valence-corrected chi connectivity index (χ2v) is 5.45. The standard InChI is InChI=1S/C18H17FN4O2/c1-12-17(21-18(24)16-8-3-4-9-20-16)13(2)23(22-12)11-25-15-7-5-6-14(19)10-15/h3-10H,11H2,1-2H3,(H,21,24). The fourth-order valence-electron chi connectivity index (χ4n) is 2.37. The summed E-state index contributed by atoms with van der Waals surface area (Å²) in [4.78, 5) is 16.3. The van der Waals surface area contributed by atoms with Gasteiger partial charge >= 0.3 is 0 Å². The number of aromatic nitrogens is 3. The van der Waals surface area contributed by atoms with Gasteiger partial charge in [0.2, 0.25) is 0 Å². The van der Waals surface area contributed by atoms with Crippen molar-refractivity contribution >= 4 is 11.6 Å². The smallest absolute Gasteiger partial charge is 0.274 e. The highest BCUT2D eigenvalue weighted by Crippen LogP contribution is 2.21. The summed E-state index contributed by atoms with van der Waals surface area (Å²) < 4.78 is 20.3. The van der Waals surface area contributed by atoms with E-state index in [1.54, 1.807) is 48.1 Å². The molecule has 0 bridgehead atoms. The average molecular weight is 340 g/mol. The summed E-state index contributed by atoms with van der Waals surface area (Å²) in [7, 11) is 0. The molecule has 7 heteroatoms. The van der Waals surface area contributed by atoms with Gasteiger partial charge in [0.1, 0.15) is 17.3 Å². The van der Waals surface area contributed by atoms with Crippen LogP contribution >= 0.6 is 0 Å². The average Bonchev–Trinajstić information content (AvgIpc) is 2.88. The lowest BCUT2D eigenvalue weighted by atomic mass is 10.3. The predicted molar refractivity (Wildman–Crippen MR) is 90.9 cm³/mol. The Bertz CT molecular complexity index is 893. The highest BCUT2D eigenvalue weighted by atomic mass is 19.1. The highest BCUT2D eigenvalue weighted by Gasteiger charge is 2.16. The number of carbonyl (C=O) groups excluding carboxylic acids is 1. The van der Waals surface area contributed by atoms with Gasteiger partial charge < -0.3 is 10.1 Å². The monoisotopic (exact) mass is 340 g/mol. The first kappa shape index (κ1) is 16.6. The quantitative estimate of drug-likeness (QED) is 0.773. The molecule has 0 aliphatic heterocycles. The summed E-state index contributed by atoms with van der Waals surface area (Å²) in [5.74, 6) is -0.266. The summed E-state index contributed by atoms with van der Waals surface area (Å²) in [6, 6.07) is 11.0. The number of pyridine rings is 1. The lowest BCUT2D eigenvalue weighted by Crippen LogP contribution is -2.15. The Labute approximate surface area is 144 Å². The molecular formula is C18H17FN4O2. The van der Waals surface area contributed by atoms with Crippen molar-refractivity contribution in [3.8, 4) is 5.75 Å². The molecule has 3 rings (SSSR count). The van der Waals surface area contributed by atoms with Gasteiger partial charge in [0, 0.05) is 12.3 Å².